The molecule has 2 nitrogen and oxygen atoms in total. The fraction of sp³-hybridized carbons (Fsp3) is 1.00. The molecule has 1 aliphatic rings. The predicted molar refractivity (Wildman–Crippen MR) is 58.0 cm³/mol. The van der Waals surface area contributed by atoms with Crippen molar-refractivity contribution in [2.75, 3.05) is 26.7 Å². The van der Waals surface area contributed by atoms with Crippen molar-refractivity contribution < 1.29 is 0 Å². The fourth-order valence-corrected chi connectivity index (χ4v) is 1.96. The van der Waals surface area contributed by atoms with Gasteiger partial charge in [0.25, 0.3) is 0 Å². The summed E-state index contributed by atoms with van der Waals surface area (Å²) in [6, 6.07) is 0.727. The molecule has 1 saturated heterocycles. The van der Waals surface area contributed by atoms with Gasteiger partial charge in [-0.3, -0.25) is 0 Å². The van der Waals surface area contributed by atoms with Crippen LogP contribution >= 0.6 is 0 Å². The van der Waals surface area contributed by atoms with Crippen LogP contribution in [0.2, 0.25) is 0 Å². The van der Waals surface area contributed by atoms with E-state index in [2.05, 4.69) is 38.0 Å². The molecule has 0 amide bonds. The molecule has 1 aliphatic heterocycles. The molecule has 1 rings (SSSR count). The maximum absolute atomic E-state index is 3.63. The Bertz CT molecular complexity index is 149. The minimum Gasteiger partial charge on any atom is -0.313 e. The van der Waals surface area contributed by atoms with Gasteiger partial charge in [-0.2, -0.15) is 0 Å². The average molecular weight is 184 g/mol. The smallest absolute Gasteiger partial charge is 0.0104 e. The van der Waals surface area contributed by atoms with Crippen LogP contribution in [0, 0.1) is 5.41 Å². The second-order valence-electron chi connectivity index (χ2n) is 5.51. The lowest BCUT2D eigenvalue weighted by Gasteiger charge is -2.25. The second kappa shape index (κ2) is 4.43. The van der Waals surface area contributed by atoms with Gasteiger partial charge in [-0.25, -0.2) is 0 Å². The molecule has 0 spiro atoms. The number of nitrogens with one attached hydrogen (secondary N) is 1. The average Bonchev–Trinajstić information content (AvgIpc) is 2.12. The van der Waals surface area contributed by atoms with Crippen LogP contribution in [0.5, 0.6) is 0 Å². The summed E-state index contributed by atoms with van der Waals surface area (Å²) in [7, 11) is 2.21. The first-order valence-corrected chi connectivity index (χ1v) is 5.39. The molecule has 1 atom stereocenters. The van der Waals surface area contributed by atoms with E-state index in [1.54, 1.807) is 0 Å². The fourth-order valence-electron chi connectivity index (χ4n) is 1.96. The zero-order valence-corrected chi connectivity index (χ0v) is 9.56. The number of hydrogen-bond donors (Lipinski definition) is 1. The highest BCUT2D eigenvalue weighted by Crippen LogP contribution is 2.22. The zero-order valence-electron chi connectivity index (χ0n) is 9.56. The molecule has 13 heavy (non-hydrogen) atoms. The van der Waals surface area contributed by atoms with Crippen LogP contribution in [0.4, 0.5) is 0 Å². The van der Waals surface area contributed by atoms with E-state index in [0.29, 0.717) is 5.41 Å². The van der Waals surface area contributed by atoms with Crippen molar-refractivity contribution in [2.45, 2.75) is 39.7 Å². The highest BCUT2D eigenvalue weighted by Gasteiger charge is 2.20. The van der Waals surface area contributed by atoms with Crippen LogP contribution < -0.4 is 5.32 Å². The minimum atomic E-state index is 0.459. The van der Waals surface area contributed by atoms with E-state index in [1.807, 2.05) is 0 Å². The summed E-state index contributed by atoms with van der Waals surface area (Å²) in [6.07, 6.45) is 2.59. The molecule has 0 aliphatic carbocycles. The third-order valence-electron chi connectivity index (χ3n) is 2.64. The van der Waals surface area contributed by atoms with Gasteiger partial charge in [0, 0.05) is 19.1 Å². The van der Waals surface area contributed by atoms with Crippen molar-refractivity contribution in [1.82, 2.24) is 10.2 Å². The summed E-state index contributed by atoms with van der Waals surface area (Å²) in [5.74, 6) is 0. The van der Waals surface area contributed by atoms with E-state index >= 15 is 0 Å². The molecule has 1 unspecified atom stereocenters. The number of hydrogen-bond acceptors (Lipinski definition) is 2. The Balaban J connectivity index is 2.34. The topological polar surface area (TPSA) is 15.3 Å². The molecule has 1 heterocycles. The van der Waals surface area contributed by atoms with Gasteiger partial charge in [0.1, 0.15) is 0 Å². The van der Waals surface area contributed by atoms with E-state index in [1.165, 1.54) is 25.9 Å². The van der Waals surface area contributed by atoms with Crippen LogP contribution in [0.25, 0.3) is 0 Å². The van der Waals surface area contributed by atoms with Crippen molar-refractivity contribution >= 4 is 0 Å². The maximum Gasteiger partial charge on any atom is 0.0104 e. The SMILES string of the molecule is CN1CCNC(CC(C)(C)C)CC1. The van der Waals surface area contributed by atoms with Crippen LogP contribution in [0.15, 0.2) is 0 Å². The first-order chi connectivity index (χ1) is 5.97. The molecular weight excluding hydrogens is 160 g/mol. The third kappa shape index (κ3) is 4.63. The number of rotatable bonds is 1. The highest BCUT2D eigenvalue weighted by molar-refractivity contribution is 4.78. The van der Waals surface area contributed by atoms with Crippen molar-refractivity contribution in [3.8, 4) is 0 Å². The summed E-state index contributed by atoms with van der Waals surface area (Å²) >= 11 is 0. The molecule has 0 aromatic heterocycles. The first-order valence-electron chi connectivity index (χ1n) is 5.39. The molecule has 0 aromatic rings. The standard InChI is InChI=1S/C11H24N2/c1-11(2,3)9-10-5-7-13(4)8-6-12-10/h10,12H,5-9H2,1-4H3. The molecule has 78 valence electrons. The molecule has 1 N–H and O–H groups in total. The summed E-state index contributed by atoms with van der Waals surface area (Å²) in [4.78, 5) is 2.41. The van der Waals surface area contributed by atoms with E-state index in [-0.39, 0.29) is 0 Å². The van der Waals surface area contributed by atoms with Gasteiger partial charge in [0.05, 0.1) is 0 Å². The van der Waals surface area contributed by atoms with Gasteiger partial charge in [0.15, 0.2) is 0 Å². The molecule has 0 saturated carbocycles. The van der Waals surface area contributed by atoms with Crippen molar-refractivity contribution in [2.24, 2.45) is 5.41 Å². The Kier molecular flexibility index (Phi) is 3.74. The van der Waals surface area contributed by atoms with Crippen molar-refractivity contribution in [3.63, 3.8) is 0 Å². The van der Waals surface area contributed by atoms with E-state index < -0.39 is 0 Å². The van der Waals surface area contributed by atoms with Gasteiger partial charge in [0.2, 0.25) is 0 Å². The second-order valence-corrected chi connectivity index (χ2v) is 5.51. The van der Waals surface area contributed by atoms with Crippen LogP contribution in [-0.4, -0.2) is 37.6 Å². The Morgan fingerprint density at radius 3 is 2.62 bits per heavy atom. The Hall–Kier alpha value is -0.0800. The first kappa shape index (κ1) is 11.0. The molecule has 2 heteroatoms. The monoisotopic (exact) mass is 184 g/mol. The van der Waals surface area contributed by atoms with Gasteiger partial charge in [-0.15, -0.1) is 0 Å². The Labute approximate surface area is 82.7 Å². The van der Waals surface area contributed by atoms with Crippen molar-refractivity contribution in [3.05, 3.63) is 0 Å². The molecule has 0 radical (unpaired) electrons. The number of likely N-dealkylation sites (N-methyl/N-ethyl adjacent to an activating group) is 1. The summed E-state index contributed by atoms with van der Waals surface area (Å²) < 4.78 is 0. The summed E-state index contributed by atoms with van der Waals surface area (Å²) in [5, 5.41) is 3.63. The quantitative estimate of drug-likeness (QED) is 0.667. The van der Waals surface area contributed by atoms with Gasteiger partial charge < -0.3 is 10.2 Å². The van der Waals surface area contributed by atoms with E-state index in [0.717, 1.165) is 12.6 Å². The Morgan fingerprint density at radius 1 is 1.31 bits per heavy atom. The molecular formula is C11H24N2. The van der Waals surface area contributed by atoms with E-state index in [9.17, 15) is 0 Å². The lowest BCUT2D eigenvalue weighted by molar-refractivity contribution is 0.300. The zero-order chi connectivity index (χ0) is 9.90. The lowest BCUT2D eigenvalue weighted by atomic mass is 9.87. The predicted octanol–water partition coefficient (Wildman–Crippen LogP) is 1.72. The summed E-state index contributed by atoms with van der Waals surface area (Å²) in [5.41, 5.74) is 0.459. The molecule has 0 bridgehead atoms. The lowest BCUT2D eigenvalue weighted by Crippen LogP contribution is -2.33. The largest absolute Gasteiger partial charge is 0.313 e. The van der Waals surface area contributed by atoms with Gasteiger partial charge >= 0.3 is 0 Å². The normalized spacial score (nSPS) is 27.2. The van der Waals surface area contributed by atoms with E-state index in [4.69, 9.17) is 0 Å². The van der Waals surface area contributed by atoms with Gasteiger partial charge in [-0.1, -0.05) is 20.8 Å². The summed E-state index contributed by atoms with van der Waals surface area (Å²) in [6.45, 7) is 10.6. The van der Waals surface area contributed by atoms with Crippen molar-refractivity contribution in [1.29, 1.82) is 0 Å². The maximum atomic E-state index is 3.63. The Morgan fingerprint density at radius 2 is 2.00 bits per heavy atom. The molecule has 0 aromatic carbocycles. The number of nitrogens with zero attached hydrogens (tertiary/aromatic N) is 1. The van der Waals surface area contributed by atoms with Gasteiger partial charge in [-0.05, 0) is 31.8 Å². The van der Waals surface area contributed by atoms with Crippen LogP contribution in [0.1, 0.15) is 33.6 Å². The highest BCUT2D eigenvalue weighted by atomic mass is 15.1. The van der Waals surface area contributed by atoms with Crippen LogP contribution in [0.3, 0.4) is 0 Å². The minimum absolute atomic E-state index is 0.459. The molecule has 1 fully saturated rings. The third-order valence-corrected chi connectivity index (χ3v) is 2.64. The van der Waals surface area contributed by atoms with Crippen LogP contribution in [-0.2, 0) is 0 Å².